The number of para-hydroxylation sites is 4. The highest BCUT2D eigenvalue weighted by molar-refractivity contribution is 6.07. The zero-order valence-corrected chi connectivity index (χ0v) is 29.8. The number of rotatable bonds is 6. The minimum atomic E-state index is 0.885. The number of anilines is 3. The molecule has 9 aromatic carbocycles. The predicted octanol–water partition coefficient (Wildman–Crippen LogP) is 15.1. The Balaban J connectivity index is 1.05. The molecule has 0 saturated carbocycles. The van der Waals surface area contributed by atoms with Gasteiger partial charge in [-0.2, -0.15) is 0 Å². The molecular formula is C52H33NO2. The highest BCUT2D eigenvalue weighted by Crippen LogP contribution is 2.40. The van der Waals surface area contributed by atoms with Gasteiger partial charge in [0.1, 0.15) is 22.3 Å². The van der Waals surface area contributed by atoms with Crippen molar-refractivity contribution in [2.75, 3.05) is 4.90 Å². The molecule has 0 spiro atoms. The van der Waals surface area contributed by atoms with Crippen LogP contribution in [0.4, 0.5) is 17.1 Å². The second-order valence-electron chi connectivity index (χ2n) is 14.2. The maximum Gasteiger partial charge on any atom is 0.136 e. The first-order valence-corrected chi connectivity index (χ1v) is 18.6. The van der Waals surface area contributed by atoms with Crippen LogP contribution in [0.2, 0.25) is 0 Å². The van der Waals surface area contributed by atoms with E-state index >= 15 is 0 Å². The van der Waals surface area contributed by atoms with Gasteiger partial charge in [-0.3, -0.25) is 0 Å². The Morgan fingerprint density at radius 1 is 0.255 bits per heavy atom. The summed E-state index contributed by atoms with van der Waals surface area (Å²) in [6, 6.07) is 71.1. The molecule has 0 saturated heterocycles. The third-order valence-electron chi connectivity index (χ3n) is 10.8. The van der Waals surface area contributed by atoms with Crippen molar-refractivity contribution in [3.63, 3.8) is 0 Å². The normalized spacial score (nSPS) is 11.6. The van der Waals surface area contributed by atoms with Gasteiger partial charge in [-0.05, 0) is 141 Å². The van der Waals surface area contributed by atoms with Crippen molar-refractivity contribution in [2.24, 2.45) is 0 Å². The van der Waals surface area contributed by atoms with Crippen LogP contribution in [0.15, 0.2) is 209 Å². The molecule has 0 aliphatic carbocycles. The van der Waals surface area contributed by atoms with E-state index in [2.05, 4.69) is 181 Å². The van der Waals surface area contributed by atoms with Crippen molar-refractivity contribution >= 4 is 71.7 Å². The molecule has 3 heteroatoms. The average molecular weight is 704 g/mol. The second-order valence-corrected chi connectivity index (χ2v) is 14.2. The van der Waals surface area contributed by atoms with E-state index in [4.69, 9.17) is 8.83 Å². The van der Waals surface area contributed by atoms with Crippen molar-refractivity contribution in [3.8, 4) is 33.4 Å². The van der Waals surface area contributed by atoms with Crippen molar-refractivity contribution in [1.82, 2.24) is 0 Å². The lowest BCUT2D eigenvalue weighted by Crippen LogP contribution is -2.09. The van der Waals surface area contributed by atoms with E-state index in [0.717, 1.165) is 94.3 Å². The molecule has 3 nitrogen and oxygen atoms in total. The maximum atomic E-state index is 6.34. The van der Waals surface area contributed by atoms with E-state index in [1.807, 2.05) is 24.3 Å². The average Bonchev–Trinajstić information content (AvgIpc) is 3.82. The van der Waals surface area contributed by atoms with E-state index in [1.54, 1.807) is 0 Å². The van der Waals surface area contributed by atoms with E-state index in [9.17, 15) is 0 Å². The Bertz CT molecular complexity index is 3040. The van der Waals surface area contributed by atoms with Gasteiger partial charge in [-0.1, -0.05) is 103 Å². The number of hydrogen-bond acceptors (Lipinski definition) is 3. The molecule has 11 aromatic rings. The summed E-state index contributed by atoms with van der Waals surface area (Å²) in [5, 5.41) is 6.87. The highest BCUT2D eigenvalue weighted by atomic mass is 16.3. The first kappa shape index (κ1) is 31.2. The number of furan rings is 2. The Morgan fingerprint density at radius 2 is 0.673 bits per heavy atom. The van der Waals surface area contributed by atoms with Crippen LogP contribution < -0.4 is 4.90 Å². The van der Waals surface area contributed by atoms with Crippen molar-refractivity contribution in [2.45, 2.75) is 0 Å². The molecular weight excluding hydrogens is 671 g/mol. The van der Waals surface area contributed by atoms with Gasteiger partial charge in [-0.25, -0.2) is 0 Å². The van der Waals surface area contributed by atoms with E-state index in [0.29, 0.717) is 0 Å². The minimum absolute atomic E-state index is 0.885. The van der Waals surface area contributed by atoms with Crippen LogP contribution in [0.25, 0.3) is 88.0 Å². The predicted molar refractivity (Wildman–Crippen MR) is 229 cm³/mol. The lowest BCUT2D eigenvalue weighted by atomic mass is 9.92. The molecule has 0 aliphatic heterocycles. The van der Waals surface area contributed by atoms with Gasteiger partial charge in [0, 0.05) is 38.6 Å². The van der Waals surface area contributed by atoms with Gasteiger partial charge in [0.25, 0.3) is 0 Å². The monoisotopic (exact) mass is 703 g/mol. The van der Waals surface area contributed by atoms with Gasteiger partial charge >= 0.3 is 0 Å². The minimum Gasteiger partial charge on any atom is -0.456 e. The number of fused-ring (bicyclic) bond motifs is 7. The summed E-state index contributed by atoms with van der Waals surface area (Å²) in [5.41, 5.74) is 13.7. The largest absolute Gasteiger partial charge is 0.456 e. The molecule has 258 valence electrons. The van der Waals surface area contributed by atoms with Crippen molar-refractivity contribution in [3.05, 3.63) is 200 Å². The Morgan fingerprint density at radius 3 is 1.22 bits per heavy atom. The molecule has 11 rings (SSSR count). The molecule has 0 aliphatic rings. The summed E-state index contributed by atoms with van der Waals surface area (Å²) in [5.74, 6) is 0. The SMILES string of the molecule is c1ccc(N(c2ccccc2)c2ccc3cc(-c4cc(-c5ccc6c(c5)oc5ccccc56)cc(-c5ccc6c(c5)oc5ccccc56)c4)ccc3c2)cc1. The molecule has 55 heavy (non-hydrogen) atoms. The molecule has 0 amide bonds. The van der Waals surface area contributed by atoms with Gasteiger partial charge < -0.3 is 13.7 Å². The fraction of sp³-hybridized carbons (Fsp3) is 0. The zero-order chi connectivity index (χ0) is 36.3. The number of hydrogen-bond donors (Lipinski definition) is 0. The lowest BCUT2D eigenvalue weighted by molar-refractivity contribution is 0.668. The van der Waals surface area contributed by atoms with E-state index < -0.39 is 0 Å². The van der Waals surface area contributed by atoms with Crippen LogP contribution in [0, 0.1) is 0 Å². The second kappa shape index (κ2) is 12.6. The molecule has 0 fully saturated rings. The van der Waals surface area contributed by atoms with Gasteiger partial charge in [-0.15, -0.1) is 0 Å². The van der Waals surface area contributed by atoms with E-state index in [1.165, 1.54) is 10.8 Å². The standard InChI is InChI=1S/C52H33NO2/c1-3-11-42(12-4-1)53(43-13-5-2-6-14-43)44-24-21-34-27-35(19-20-36(34)31-44)39-28-40(37-22-25-47-45-15-7-9-17-49(45)54-51(47)32-37)30-41(29-39)38-23-26-48-46-16-8-10-18-50(46)55-52(48)33-38/h1-33H. The molecule has 0 bridgehead atoms. The Kier molecular flexibility index (Phi) is 7.17. The quantitative estimate of drug-likeness (QED) is 0.173. The fourth-order valence-electron chi connectivity index (χ4n) is 8.09. The van der Waals surface area contributed by atoms with Gasteiger partial charge in [0.05, 0.1) is 0 Å². The van der Waals surface area contributed by atoms with Crippen molar-refractivity contribution in [1.29, 1.82) is 0 Å². The summed E-state index contributed by atoms with van der Waals surface area (Å²) in [7, 11) is 0. The third-order valence-corrected chi connectivity index (χ3v) is 10.8. The summed E-state index contributed by atoms with van der Waals surface area (Å²) in [4.78, 5) is 2.31. The molecule has 2 aromatic heterocycles. The summed E-state index contributed by atoms with van der Waals surface area (Å²) < 4.78 is 12.7. The van der Waals surface area contributed by atoms with Crippen LogP contribution in [-0.2, 0) is 0 Å². The zero-order valence-electron chi connectivity index (χ0n) is 29.8. The van der Waals surface area contributed by atoms with Crippen LogP contribution in [0.5, 0.6) is 0 Å². The maximum absolute atomic E-state index is 6.34. The molecule has 0 unspecified atom stereocenters. The summed E-state index contributed by atoms with van der Waals surface area (Å²) >= 11 is 0. The van der Waals surface area contributed by atoms with Crippen LogP contribution in [0.3, 0.4) is 0 Å². The Labute approximate surface area is 317 Å². The number of nitrogens with zero attached hydrogens (tertiary/aromatic N) is 1. The third kappa shape index (κ3) is 5.45. The van der Waals surface area contributed by atoms with E-state index in [-0.39, 0.29) is 0 Å². The molecule has 0 N–H and O–H groups in total. The summed E-state index contributed by atoms with van der Waals surface area (Å²) in [6.45, 7) is 0. The van der Waals surface area contributed by atoms with Gasteiger partial charge in [0.2, 0.25) is 0 Å². The molecule has 0 radical (unpaired) electrons. The van der Waals surface area contributed by atoms with Crippen LogP contribution >= 0.6 is 0 Å². The topological polar surface area (TPSA) is 29.5 Å². The smallest absolute Gasteiger partial charge is 0.136 e. The highest BCUT2D eigenvalue weighted by Gasteiger charge is 2.15. The summed E-state index contributed by atoms with van der Waals surface area (Å²) in [6.07, 6.45) is 0. The fourth-order valence-corrected chi connectivity index (χ4v) is 8.09. The van der Waals surface area contributed by atoms with Crippen LogP contribution in [0.1, 0.15) is 0 Å². The lowest BCUT2D eigenvalue weighted by Gasteiger charge is -2.25. The first-order valence-electron chi connectivity index (χ1n) is 18.6. The first-order chi connectivity index (χ1) is 27.2. The molecule has 2 heterocycles. The number of benzene rings is 9. The molecule has 0 atom stereocenters. The Hall–Kier alpha value is -7.36. The van der Waals surface area contributed by atoms with Crippen LogP contribution in [-0.4, -0.2) is 0 Å². The van der Waals surface area contributed by atoms with Crippen molar-refractivity contribution < 1.29 is 8.83 Å². The van der Waals surface area contributed by atoms with Gasteiger partial charge in [0.15, 0.2) is 0 Å².